The number of ether oxygens (including phenoxy) is 2. The van der Waals surface area contributed by atoms with Crippen molar-refractivity contribution < 1.29 is 14.3 Å². The lowest BCUT2D eigenvalue weighted by atomic mass is 9.91. The van der Waals surface area contributed by atoms with Crippen LogP contribution in [-0.2, 0) is 4.74 Å². The molecule has 1 aromatic carbocycles. The van der Waals surface area contributed by atoms with Crippen molar-refractivity contribution in [3.05, 3.63) is 29.8 Å². The van der Waals surface area contributed by atoms with Gasteiger partial charge in [0, 0.05) is 18.6 Å². The van der Waals surface area contributed by atoms with E-state index in [0.29, 0.717) is 11.3 Å². The molecule has 0 N–H and O–H groups in total. The highest BCUT2D eigenvalue weighted by molar-refractivity contribution is 7.99. The molecule has 2 unspecified atom stereocenters. The first-order chi connectivity index (χ1) is 9.31. The van der Waals surface area contributed by atoms with E-state index in [0.717, 1.165) is 37.9 Å². The summed E-state index contributed by atoms with van der Waals surface area (Å²) in [5.41, 5.74) is 0.646. The van der Waals surface area contributed by atoms with E-state index in [9.17, 15) is 4.79 Å². The highest BCUT2D eigenvalue weighted by Gasteiger charge is 2.41. The molecule has 2 saturated heterocycles. The topological polar surface area (TPSA) is 35.5 Å². The third-order valence-electron chi connectivity index (χ3n) is 3.85. The zero-order valence-electron chi connectivity index (χ0n) is 10.8. The number of rotatable bonds is 3. The Hall–Kier alpha value is -1.00. The molecule has 1 spiro atoms. The smallest absolute Gasteiger partial charge is 0.153 e. The molecule has 3 rings (SSSR count). The number of benzene rings is 1. The summed E-state index contributed by atoms with van der Waals surface area (Å²) in [6.45, 7) is 0.758. The molecule has 3 nitrogen and oxygen atoms in total. The van der Waals surface area contributed by atoms with Crippen molar-refractivity contribution in [2.75, 3.05) is 18.1 Å². The standard InChI is InChI=1S/C15H18O3S/c16-10-12-3-1-2-4-14(12)18-13-5-7-17-15(9-13)6-8-19-11-15/h1-4,10,13H,5-9,11H2. The third kappa shape index (κ3) is 2.79. The van der Waals surface area contributed by atoms with Gasteiger partial charge in [-0.1, -0.05) is 12.1 Å². The van der Waals surface area contributed by atoms with Crippen LogP contribution < -0.4 is 4.74 Å². The van der Waals surface area contributed by atoms with Crippen molar-refractivity contribution in [3.63, 3.8) is 0 Å². The van der Waals surface area contributed by atoms with Crippen molar-refractivity contribution >= 4 is 18.0 Å². The summed E-state index contributed by atoms with van der Waals surface area (Å²) in [4.78, 5) is 11.0. The van der Waals surface area contributed by atoms with Crippen LogP contribution in [0.4, 0.5) is 0 Å². The van der Waals surface area contributed by atoms with Crippen molar-refractivity contribution in [2.24, 2.45) is 0 Å². The van der Waals surface area contributed by atoms with Crippen LogP contribution in [0.1, 0.15) is 29.6 Å². The molecule has 19 heavy (non-hydrogen) atoms. The predicted octanol–water partition coefficient (Wildman–Crippen LogP) is 2.93. The fraction of sp³-hybridized carbons (Fsp3) is 0.533. The predicted molar refractivity (Wildman–Crippen MR) is 76.1 cm³/mol. The Labute approximate surface area is 117 Å². The van der Waals surface area contributed by atoms with E-state index in [4.69, 9.17) is 9.47 Å². The minimum Gasteiger partial charge on any atom is -0.489 e. The normalized spacial score (nSPS) is 30.4. The fourth-order valence-electron chi connectivity index (χ4n) is 2.81. The average molecular weight is 278 g/mol. The van der Waals surface area contributed by atoms with Gasteiger partial charge in [-0.25, -0.2) is 0 Å². The van der Waals surface area contributed by atoms with Gasteiger partial charge >= 0.3 is 0 Å². The number of hydrogen-bond donors (Lipinski definition) is 0. The molecular weight excluding hydrogens is 260 g/mol. The minimum atomic E-state index is 0.0176. The monoisotopic (exact) mass is 278 g/mol. The minimum absolute atomic E-state index is 0.0176. The first-order valence-electron chi connectivity index (χ1n) is 6.74. The molecule has 0 bridgehead atoms. The number of aldehydes is 1. The van der Waals surface area contributed by atoms with Crippen molar-refractivity contribution in [1.82, 2.24) is 0 Å². The highest BCUT2D eigenvalue weighted by atomic mass is 32.2. The molecule has 102 valence electrons. The Kier molecular flexibility index (Phi) is 3.80. The van der Waals surface area contributed by atoms with Crippen LogP contribution in [0.25, 0.3) is 0 Å². The summed E-state index contributed by atoms with van der Waals surface area (Å²) in [6, 6.07) is 7.43. The molecule has 2 heterocycles. The molecule has 4 heteroatoms. The number of hydrogen-bond acceptors (Lipinski definition) is 4. The van der Waals surface area contributed by atoms with Gasteiger partial charge in [0.15, 0.2) is 6.29 Å². The summed E-state index contributed by atoms with van der Waals surface area (Å²) < 4.78 is 12.0. The zero-order valence-corrected chi connectivity index (χ0v) is 11.7. The highest BCUT2D eigenvalue weighted by Crippen LogP contribution is 2.39. The largest absolute Gasteiger partial charge is 0.489 e. The zero-order chi connectivity index (χ0) is 13.1. The van der Waals surface area contributed by atoms with E-state index in [2.05, 4.69) is 0 Å². The lowest BCUT2D eigenvalue weighted by Gasteiger charge is -2.37. The van der Waals surface area contributed by atoms with Crippen LogP contribution in [0, 0.1) is 0 Å². The van der Waals surface area contributed by atoms with Gasteiger partial charge in [-0.3, -0.25) is 4.79 Å². The number of para-hydroxylation sites is 1. The van der Waals surface area contributed by atoms with Crippen LogP contribution in [0.3, 0.4) is 0 Å². The summed E-state index contributed by atoms with van der Waals surface area (Å²) >= 11 is 1.96. The first kappa shape index (κ1) is 13.0. The molecule has 0 aliphatic carbocycles. The van der Waals surface area contributed by atoms with E-state index in [-0.39, 0.29) is 11.7 Å². The second-order valence-electron chi connectivity index (χ2n) is 5.22. The van der Waals surface area contributed by atoms with E-state index in [1.165, 1.54) is 5.75 Å². The van der Waals surface area contributed by atoms with Crippen LogP contribution in [-0.4, -0.2) is 36.1 Å². The van der Waals surface area contributed by atoms with Crippen LogP contribution in [0.5, 0.6) is 5.75 Å². The Morgan fingerprint density at radius 3 is 3.11 bits per heavy atom. The third-order valence-corrected chi connectivity index (χ3v) is 5.08. The maximum absolute atomic E-state index is 11.0. The fourth-order valence-corrected chi connectivity index (χ4v) is 4.19. The van der Waals surface area contributed by atoms with Gasteiger partial charge in [0.05, 0.1) is 17.8 Å². The Bertz CT molecular complexity index is 454. The Morgan fingerprint density at radius 1 is 1.42 bits per heavy atom. The van der Waals surface area contributed by atoms with Gasteiger partial charge in [0.1, 0.15) is 11.9 Å². The molecule has 0 saturated carbocycles. The first-order valence-corrected chi connectivity index (χ1v) is 7.89. The van der Waals surface area contributed by atoms with E-state index in [1.54, 1.807) is 6.07 Å². The maximum Gasteiger partial charge on any atom is 0.153 e. The van der Waals surface area contributed by atoms with E-state index < -0.39 is 0 Å². The molecule has 0 radical (unpaired) electrons. The van der Waals surface area contributed by atoms with Crippen molar-refractivity contribution in [3.8, 4) is 5.75 Å². The lowest BCUT2D eigenvalue weighted by molar-refractivity contribution is -0.0959. The molecule has 0 aromatic heterocycles. The second-order valence-corrected chi connectivity index (χ2v) is 6.33. The van der Waals surface area contributed by atoms with E-state index >= 15 is 0 Å². The number of carbonyl (C=O) groups is 1. The SMILES string of the molecule is O=Cc1ccccc1OC1CCOC2(CCSC2)C1. The Morgan fingerprint density at radius 2 is 2.32 bits per heavy atom. The quantitative estimate of drug-likeness (QED) is 0.796. The number of thioether (sulfide) groups is 1. The van der Waals surface area contributed by atoms with Gasteiger partial charge in [0.2, 0.25) is 0 Å². The van der Waals surface area contributed by atoms with Crippen LogP contribution in [0.2, 0.25) is 0 Å². The molecular formula is C15H18O3S. The molecule has 1 aromatic rings. The molecule has 2 atom stereocenters. The second kappa shape index (κ2) is 5.55. The van der Waals surface area contributed by atoms with Crippen LogP contribution >= 0.6 is 11.8 Å². The van der Waals surface area contributed by atoms with Crippen LogP contribution in [0.15, 0.2) is 24.3 Å². The summed E-state index contributed by atoms with van der Waals surface area (Å²) in [7, 11) is 0. The van der Waals surface area contributed by atoms with Crippen molar-refractivity contribution in [1.29, 1.82) is 0 Å². The summed E-state index contributed by atoms with van der Waals surface area (Å²) in [6.07, 6.45) is 3.98. The van der Waals surface area contributed by atoms with Gasteiger partial charge in [-0.05, 0) is 24.3 Å². The Balaban J connectivity index is 1.71. The summed E-state index contributed by atoms with van der Waals surface area (Å²) in [5, 5.41) is 0. The van der Waals surface area contributed by atoms with Gasteiger partial charge in [-0.15, -0.1) is 0 Å². The van der Waals surface area contributed by atoms with Gasteiger partial charge < -0.3 is 9.47 Å². The van der Waals surface area contributed by atoms with Crippen molar-refractivity contribution in [2.45, 2.75) is 31.0 Å². The van der Waals surface area contributed by atoms with Gasteiger partial charge in [-0.2, -0.15) is 11.8 Å². The van der Waals surface area contributed by atoms with E-state index in [1.807, 2.05) is 30.0 Å². The summed E-state index contributed by atoms with van der Waals surface area (Å²) in [5.74, 6) is 2.95. The average Bonchev–Trinajstić information content (AvgIpc) is 2.87. The molecule has 2 aliphatic rings. The number of carbonyl (C=O) groups excluding carboxylic acids is 1. The molecule has 0 amide bonds. The maximum atomic E-state index is 11.0. The van der Waals surface area contributed by atoms with Gasteiger partial charge in [0.25, 0.3) is 0 Å². The lowest BCUT2D eigenvalue weighted by Crippen LogP contribution is -2.43. The molecule has 2 fully saturated rings. The molecule has 2 aliphatic heterocycles.